The Morgan fingerprint density at radius 2 is 1.96 bits per heavy atom. The zero-order valence-electron chi connectivity index (χ0n) is 13.5. The molecule has 124 valence electrons. The molecule has 0 saturated heterocycles. The maximum Gasteiger partial charge on any atom is 0.126 e. The number of imidazole rings is 1. The van der Waals surface area contributed by atoms with Crippen LogP contribution in [-0.4, -0.2) is 16.0 Å². The summed E-state index contributed by atoms with van der Waals surface area (Å²) in [5.41, 5.74) is 11.0. The van der Waals surface area contributed by atoms with Crippen molar-refractivity contribution in [3.63, 3.8) is 0 Å². The highest BCUT2D eigenvalue weighted by Crippen LogP contribution is 2.33. The minimum absolute atomic E-state index is 0.287. The SMILES string of the molecule is Nc1cc(-c2cc(F)cc3[nH]cnc23)ccc1NC1CCCCC1. The van der Waals surface area contributed by atoms with E-state index in [0.29, 0.717) is 17.2 Å². The summed E-state index contributed by atoms with van der Waals surface area (Å²) >= 11 is 0. The van der Waals surface area contributed by atoms with Crippen molar-refractivity contribution in [3.8, 4) is 11.1 Å². The highest BCUT2D eigenvalue weighted by Gasteiger charge is 2.15. The van der Waals surface area contributed by atoms with Gasteiger partial charge in [-0.25, -0.2) is 9.37 Å². The molecule has 0 radical (unpaired) electrons. The van der Waals surface area contributed by atoms with Crippen molar-refractivity contribution in [2.75, 3.05) is 11.1 Å². The zero-order chi connectivity index (χ0) is 16.5. The lowest BCUT2D eigenvalue weighted by atomic mass is 9.95. The highest BCUT2D eigenvalue weighted by molar-refractivity contribution is 5.93. The number of fused-ring (bicyclic) bond motifs is 1. The van der Waals surface area contributed by atoms with Gasteiger partial charge < -0.3 is 16.0 Å². The van der Waals surface area contributed by atoms with Crippen LogP contribution in [0.1, 0.15) is 32.1 Å². The molecule has 1 heterocycles. The van der Waals surface area contributed by atoms with E-state index in [1.807, 2.05) is 18.2 Å². The Hall–Kier alpha value is -2.56. The number of halogens is 1. The summed E-state index contributed by atoms with van der Waals surface area (Å²) < 4.78 is 13.9. The summed E-state index contributed by atoms with van der Waals surface area (Å²) in [7, 11) is 0. The number of hydrogen-bond donors (Lipinski definition) is 3. The van der Waals surface area contributed by atoms with Gasteiger partial charge in [0.2, 0.25) is 0 Å². The van der Waals surface area contributed by atoms with Crippen LogP contribution < -0.4 is 11.1 Å². The van der Waals surface area contributed by atoms with Crippen LogP contribution in [-0.2, 0) is 0 Å². The summed E-state index contributed by atoms with van der Waals surface area (Å²) in [6.07, 6.45) is 7.84. The molecule has 1 fully saturated rings. The predicted octanol–water partition coefficient (Wildman–Crippen LogP) is 4.70. The number of benzene rings is 2. The molecule has 0 spiro atoms. The summed E-state index contributed by atoms with van der Waals surface area (Å²) in [4.78, 5) is 7.26. The molecule has 1 aliphatic rings. The van der Waals surface area contributed by atoms with Gasteiger partial charge in [-0.3, -0.25) is 0 Å². The van der Waals surface area contributed by atoms with Gasteiger partial charge in [0.15, 0.2) is 0 Å². The minimum Gasteiger partial charge on any atom is -0.397 e. The molecular weight excluding hydrogens is 303 g/mol. The zero-order valence-corrected chi connectivity index (χ0v) is 13.5. The van der Waals surface area contributed by atoms with Gasteiger partial charge in [0.1, 0.15) is 5.82 Å². The summed E-state index contributed by atoms with van der Waals surface area (Å²) in [5, 5.41) is 3.55. The Morgan fingerprint density at radius 3 is 2.75 bits per heavy atom. The van der Waals surface area contributed by atoms with Crippen LogP contribution in [0.3, 0.4) is 0 Å². The largest absolute Gasteiger partial charge is 0.397 e. The van der Waals surface area contributed by atoms with E-state index in [4.69, 9.17) is 5.73 Å². The third-order valence-corrected chi connectivity index (χ3v) is 4.82. The van der Waals surface area contributed by atoms with Crippen LogP contribution in [0.2, 0.25) is 0 Å². The van der Waals surface area contributed by atoms with Crippen molar-refractivity contribution >= 4 is 22.4 Å². The number of H-pyrrole nitrogens is 1. The van der Waals surface area contributed by atoms with Gasteiger partial charge in [-0.1, -0.05) is 25.3 Å². The van der Waals surface area contributed by atoms with E-state index in [2.05, 4.69) is 15.3 Å². The van der Waals surface area contributed by atoms with Crippen molar-refractivity contribution in [3.05, 3.63) is 42.5 Å². The number of nitrogens with two attached hydrogens (primary N) is 1. The molecule has 1 saturated carbocycles. The molecule has 24 heavy (non-hydrogen) atoms. The molecular formula is C19H21FN4. The van der Waals surface area contributed by atoms with E-state index < -0.39 is 0 Å². The van der Waals surface area contributed by atoms with Crippen LogP contribution in [0.4, 0.5) is 15.8 Å². The molecule has 4 rings (SSSR count). The number of anilines is 2. The quantitative estimate of drug-likeness (QED) is 0.612. The predicted molar refractivity (Wildman–Crippen MR) is 96.4 cm³/mol. The second kappa shape index (κ2) is 6.15. The Balaban J connectivity index is 1.66. The Morgan fingerprint density at radius 1 is 1.12 bits per heavy atom. The van der Waals surface area contributed by atoms with Crippen LogP contribution in [0.5, 0.6) is 0 Å². The third kappa shape index (κ3) is 2.82. The van der Waals surface area contributed by atoms with Crippen LogP contribution in [0.15, 0.2) is 36.7 Å². The molecule has 1 aromatic heterocycles. The maximum absolute atomic E-state index is 13.9. The van der Waals surface area contributed by atoms with E-state index in [0.717, 1.165) is 22.3 Å². The first-order chi connectivity index (χ1) is 11.7. The van der Waals surface area contributed by atoms with Crippen molar-refractivity contribution in [2.24, 2.45) is 0 Å². The fourth-order valence-corrected chi connectivity index (χ4v) is 3.56. The first kappa shape index (κ1) is 15.0. The molecule has 1 aliphatic carbocycles. The second-order valence-corrected chi connectivity index (χ2v) is 6.53. The minimum atomic E-state index is -0.287. The van der Waals surface area contributed by atoms with Gasteiger partial charge in [-0.2, -0.15) is 0 Å². The normalized spacial score (nSPS) is 15.7. The fraction of sp³-hybridized carbons (Fsp3) is 0.316. The fourth-order valence-electron chi connectivity index (χ4n) is 3.56. The molecule has 0 amide bonds. The number of nitrogen functional groups attached to an aromatic ring is 1. The average Bonchev–Trinajstić information content (AvgIpc) is 3.05. The van der Waals surface area contributed by atoms with E-state index in [1.54, 1.807) is 6.33 Å². The molecule has 0 unspecified atom stereocenters. The van der Waals surface area contributed by atoms with E-state index >= 15 is 0 Å². The van der Waals surface area contributed by atoms with Gasteiger partial charge in [-0.05, 0) is 42.7 Å². The lowest BCUT2D eigenvalue weighted by Gasteiger charge is -2.24. The van der Waals surface area contributed by atoms with E-state index in [-0.39, 0.29) is 5.82 Å². The van der Waals surface area contributed by atoms with E-state index in [1.165, 1.54) is 44.2 Å². The molecule has 0 bridgehead atoms. The van der Waals surface area contributed by atoms with Crippen molar-refractivity contribution in [1.29, 1.82) is 0 Å². The van der Waals surface area contributed by atoms with Gasteiger partial charge in [0, 0.05) is 11.6 Å². The standard InChI is InChI=1S/C19H21FN4/c20-13-9-15(19-18(10-13)22-11-23-19)12-6-7-17(16(21)8-12)24-14-4-2-1-3-5-14/h6-11,14,24H,1-5,21H2,(H,22,23). The van der Waals surface area contributed by atoms with Gasteiger partial charge >= 0.3 is 0 Å². The van der Waals surface area contributed by atoms with Crippen LogP contribution in [0, 0.1) is 5.82 Å². The number of aromatic nitrogens is 2. The van der Waals surface area contributed by atoms with Crippen LogP contribution >= 0.6 is 0 Å². The maximum atomic E-state index is 13.9. The van der Waals surface area contributed by atoms with Crippen molar-refractivity contribution < 1.29 is 4.39 Å². The number of rotatable bonds is 3. The van der Waals surface area contributed by atoms with Gasteiger partial charge in [0.25, 0.3) is 0 Å². The van der Waals surface area contributed by atoms with Gasteiger partial charge in [0.05, 0.1) is 28.7 Å². The smallest absolute Gasteiger partial charge is 0.126 e. The van der Waals surface area contributed by atoms with Gasteiger partial charge in [-0.15, -0.1) is 0 Å². The molecule has 4 N–H and O–H groups in total. The summed E-state index contributed by atoms with van der Waals surface area (Å²) in [6, 6.07) is 9.32. The van der Waals surface area contributed by atoms with Crippen molar-refractivity contribution in [1.82, 2.24) is 9.97 Å². The van der Waals surface area contributed by atoms with E-state index in [9.17, 15) is 4.39 Å². The topological polar surface area (TPSA) is 66.7 Å². The molecule has 4 nitrogen and oxygen atoms in total. The Kier molecular flexibility index (Phi) is 3.84. The number of nitrogens with one attached hydrogen (secondary N) is 2. The monoisotopic (exact) mass is 324 g/mol. The van der Waals surface area contributed by atoms with Crippen LogP contribution in [0.25, 0.3) is 22.2 Å². The number of hydrogen-bond acceptors (Lipinski definition) is 3. The number of nitrogens with zero attached hydrogens (tertiary/aromatic N) is 1. The number of aromatic amines is 1. The molecule has 3 aromatic rings. The molecule has 0 atom stereocenters. The first-order valence-electron chi connectivity index (χ1n) is 8.50. The Bertz CT molecular complexity index is 865. The lowest BCUT2D eigenvalue weighted by molar-refractivity contribution is 0.463. The molecule has 2 aromatic carbocycles. The van der Waals surface area contributed by atoms with Crippen molar-refractivity contribution in [2.45, 2.75) is 38.1 Å². The summed E-state index contributed by atoms with van der Waals surface area (Å²) in [5.74, 6) is -0.287. The molecule has 5 heteroatoms. The average molecular weight is 324 g/mol. The second-order valence-electron chi connectivity index (χ2n) is 6.53. The lowest BCUT2D eigenvalue weighted by Crippen LogP contribution is -2.22. The Labute approximate surface area is 140 Å². The summed E-state index contributed by atoms with van der Waals surface area (Å²) in [6.45, 7) is 0. The third-order valence-electron chi connectivity index (χ3n) is 4.82. The first-order valence-corrected chi connectivity index (χ1v) is 8.50. The molecule has 0 aliphatic heterocycles. The highest BCUT2D eigenvalue weighted by atomic mass is 19.1.